The number of anilines is 4. The lowest BCUT2D eigenvalue weighted by molar-refractivity contribution is 0.444. The summed E-state index contributed by atoms with van der Waals surface area (Å²) in [5.41, 5.74) is 1.29. The molecule has 0 bridgehead atoms. The monoisotopic (exact) mass is 507 g/mol. The van der Waals surface area contributed by atoms with Crippen molar-refractivity contribution in [3.05, 3.63) is 36.4 Å². The average molecular weight is 508 g/mol. The number of hydrogen-bond acceptors (Lipinski definition) is 6. The standard InChI is InChI=1S/C28H41N7S/c1-22-10-9-15-35(21-22)26-20-25(34-18-16-33(17-19-34)24-13-7-4-8-14-24)30-27(31-26)32-28(36)29-23-11-5-2-3-6-12-23/h4,7-8,13-14,20,22-23H,2-3,5-6,9-12,15-19,21H2,1H3,(H2,29,30,31,32,36)/t22-/m0/s1. The number of rotatable bonds is 5. The summed E-state index contributed by atoms with van der Waals surface area (Å²) in [4.78, 5) is 17.2. The number of benzene rings is 1. The van der Waals surface area contributed by atoms with E-state index >= 15 is 0 Å². The van der Waals surface area contributed by atoms with Crippen molar-refractivity contribution in [3.8, 4) is 0 Å². The van der Waals surface area contributed by atoms with Crippen molar-refractivity contribution in [2.24, 2.45) is 5.92 Å². The smallest absolute Gasteiger partial charge is 0.232 e. The van der Waals surface area contributed by atoms with E-state index in [4.69, 9.17) is 22.2 Å². The van der Waals surface area contributed by atoms with E-state index in [2.05, 4.69) is 68.7 Å². The second-order valence-electron chi connectivity index (χ2n) is 10.7. The van der Waals surface area contributed by atoms with Crippen LogP contribution >= 0.6 is 12.2 Å². The Kier molecular flexibility index (Phi) is 8.41. The first kappa shape index (κ1) is 25.1. The van der Waals surface area contributed by atoms with Gasteiger partial charge in [0.25, 0.3) is 0 Å². The van der Waals surface area contributed by atoms with Crippen LogP contribution in [0.3, 0.4) is 0 Å². The van der Waals surface area contributed by atoms with E-state index in [1.165, 1.54) is 57.1 Å². The number of piperazine rings is 1. The molecule has 194 valence electrons. The van der Waals surface area contributed by atoms with Gasteiger partial charge in [-0.1, -0.05) is 50.8 Å². The third-order valence-electron chi connectivity index (χ3n) is 7.82. The maximum Gasteiger partial charge on any atom is 0.232 e. The summed E-state index contributed by atoms with van der Waals surface area (Å²) in [5.74, 6) is 3.29. The molecular formula is C28H41N7S. The molecule has 1 aromatic carbocycles. The number of aromatic nitrogens is 2. The molecule has 8 heteroatoms. The summed E-state index contributed by atoms with van der Waals surface area (Å²) in [6, 6.07) is 13.3. The Hall–Kier alpha value is -2.61. The van der Waals surface area contributed by atoms with E-state index in [0.717, 1.165) is 50.9 Å². The fourth-order valence-electron chi connectivity index (χ4n) is 5.78. The van der Waals surface area contributed by atoms with Crippen LogP contribution in [0.2, 0.25) is 0 Å². The van der Waals surface area contributed by atoms with Crippen LogP contribution in [-0.4, -0.2) is 60.4 Å². The summed E-state index contributed by atoms with van der Waals surface area (Å²) in [5, 5.41) is 7.54. The molecule has 1 saturated carbocycles. The van der Waals surface area contributed by atoms with Crippen LogP contribution < -0.4 is 25.3 Å². The van der Waals surface area contributed by atoms with Gasteiger partial charge in [-0.05, 0) is 56.0 Å². The van der Waals surface area contributed by atoms with Gasteiger partial charge < -0.3 is 25.3 Å². The highest BCUT2D eigenvalue weighted by Gasteiger charge is 2.23. The summed E-state index contributed by atoms with van der Waals surface area (Å²) < 4.78 is 0. The molecule has 2 aromatic rings. The highest BCUT2D eigenvalue weighted by molar-refractivity contribution is 7.80. The summed E-state index contributed by atoms with van der Waals surface area (Å²) in [6.07, 6.45) is 10.1. The van der Waals surface area contributed by atoms with Crippen LogP contribution in [0.1, 0.15) is 58.3 Å². The zero-order valence-electron chi connectivity index (χ0n) is 21.7. The lowest BCUT2D eigenvalue weighted by Crippen LogP contribution is -2.47. The molecule has 36 heavy (non-hydrogen) atoms. The average Bonchev–Trinajstić information content (AvgIpc) is 3.17. The number of piperidine rings is 1. The molecule has 0 radical (unpaired) electrons. The Morgan fingerprint density at radius 2 is 1.47 bits per heavy atom. The van der Waals surface area contributed by atoms with E-state index in [9.17, 15) is 0 Å². The van der Waals surface area contributed by atoms with Gasteiger partial charge in [0.1, 0.15) is 11.6 Å². The Morgan fingerprint density at radius 3 is 2.17 bits per heavy atom. The van der Waals surface area contributed by atoms with Crippen molar-refractivity contribution in [2.45, 2.75) is 64.3 Å². The van der Waals surface area contributed by atoms with Crippen molar-refractivity contribution >= 4 is 40.6 Å². The number of nitrogens with one attached hydrogen (secondary N) is 2. The lowest BCUT2D eigenvalue weighted by Gasteiger charge is -2.37. The lowest BCUT2D eigenvalue weighted by atomic mass is 10.0. The van der Waals surface area contributed by atoms with E-state index in [0.29, 0.717) is 23.0 Å². The van der Waals surface area contributed by atoms with Gasteiger partial charge in [0, 0.05) is 57.1 Å². The van der Waals surface area contributed by atoms with Crippen LogP contribution in [0.15, 0.2) is 36.4 Å². The Morgan fingerprint density at radius 1 is 0.806 bits per heavy atom. The number of nitrogens with zero attached hydrogens (tertiary/aromatic N) is 5. The molecule has 0 amide bonds. The third kappa shape index (κ3) is 6.58. The van der Waals surface area contributed by atoms with E-state index in [1.807, 2.05) is 0 Å². The third-order valence-corrected chi connectivity index (χ3v) is 8.04. The van der Waals surface area contributed by atoms with Gasteiger partial charge in [0.05, 0.1) is 0 Å². The van der Waals surface area contributed by atoms with Gasteiger partial charge in [-0.3, -0.25) is 0 Å². The Bertz CT molecular complexity index is 985. The first-order valence-corrected chi connectivity index (χ1v) is 14.3. The van der Waals surface area contributed by atoms with Crippen LogP contribution in [-0.2, 0) is 0 Å². The molecule has 1 atom stereocenters. The number of para-hydroxylation sites is 1. The minimum Gasteiger partial charge on any atom is -0.368 e. The second-order valence-corrected chi connectivity index (χ2v) is 11.1. The molecule has 0 unspecified atom stereocenters. The predicted molar refractivity (Wildman–Crippen MR) is 154 cm³/mol. The van der Waals surface area contributed by atoms with Crippen molar-refractivity contribution in [3.63, 3.8) is 0 Å². The van der Waals surface area contributed by atoms with Crippen LogP contribution in [0.25, 0.3) is 0 Å². The summed E-state index contributed by atoms with van der Waals surface area (Å²) >= 11 is 5.71. The van der Waals surface area contributed by atoms with Gasteiger partial charge in [0.2, 0.25) is 5.95 Å². The number of hydrogen-bond donors (Lipinski definition) is 2. The van der Waals surface area contributed by atoms with Crippen molar-refractivity contribution < 1.29 is 0 Å². The van der Waals surface area contributed by atoms with Crippen molar-refractivity contribution in [1.82, 2.24) is 15.3 Å². The highest BCUT2D eigenvalue weighted by Crippen LogP contribution is 2.27. The van der Waals surface area contributed by atoms with E-state index < -0.39 is 0 Å². The predicted octanol–water partition coefficient (Wildman–Crippen LogP) is 5.05. The van der Waals surface area contributed by atoms with Crippen LogP contribution in [0, 0.1) is 5.92 Å². The quantitative estimate of drug-likeness (QED) is 0.431. The molecule has 2 saturated heterocycles. The second kappa shape index (κ2) is 12.1. The number of thiocarbonyl (C=S) groups is 1. The van der Waals surface area contributed by atoms with Crippen LogP contribution in [0.4, 0.5) is 23.3 Å². The Balaban J connectivity index is 1.30. The minimum atomic E-state index is 0.448. The fourth-order valence-corrected chi connectivity index (χ4v) is 6.04. The molecule has 5 rings (SSSR count). The molecule has 3 aliphatic rings. The van der Waals surface area contributed by atoms with Crippen LogP contribution in [0.5, 0.6) is 0 Å². The summed E-state index contributed by atoms with van der Waals surface area (Å²) in [6.45, 7) is 8.26. The molecule has 2 N–H and O–H groups in total. The maximum atomic E-state index is 5.71. The first-order valence-electron chi connectivity index (χ1n) is 13.9. The molecule has 2 aliphatic heterocycles. The topological polar surface area (TPSA) is 59.6 Å². The fraction of sp³-hybridized carbons (Fsp3) is 0.607. The van der Waals surface area contributed by atoms with Gasteiger partial charge in [-0.2, -0.15) is 9.97 Å². The normalized spacial score (nSPS) is 21.7. The van der Waals surface area contributed by atoms with Gasteiger partial charge in [0.15, 0.2) is 5.11 Å². The molecular weight excluding hydrogens is 466 g/mol. The first-order chi connectivity index (χ1) is 17.6. The zero-order chi connectivity index (χ0) is 24.7. The summed E-state index contributed by atoms with van der Waals surface area (Å²) in [7, 11) is 0. The maximum absolute atomic E-state index is 5.71. The molecule has 3 fully saturated rings. The minimum absolute atomic E-state index is 0.448. The van der Waals surface area contributed by atoms with Gasteiger partial charge in [-0.25, -0.2) is 0 Å². The van der Waals surface area contributed by atoms with Crippen molar-refractivity contribution in [2.75, 3.05) is 59.3 Å². The largest absolute Gasteiger partial charge is 0.368 e. The highest BCUT2D eigenvalue weighted by atomic mass is 32.1. The zero-order valence-corrected chi connectivity index (χ0v) is 22.5. The van der Waals surface area contributed by atoms with E-state index in [-0.39, 0.29) is 0 Å². The molecule has 3 heterocycles. The van der Waals surface area contributed by atoms with Gasteiger partial charge >= 0.3 is 0 Å². The van der Waals surface area contributed by atoms with Crippen molar-refractivity contribution in [1.29, 1.82) is 0 Å². The molecule has 0 spiro atoms. The van der Waals surface area contributed by atoms with E-state index in [1.54, 1.807) is 0 Å². The Labute approximate surface area is 221 Å². The SMILES string of the molecule is C[C@H]1CCCN(c2cc(N3CCN(c4ccccc4)CC3)nc(NC(=S)NC3CCCCCC3)n2)C1. The van der Waals surface area contributed by atoms with Gasteiger partial charge in [-0.15, -0.1) is 0 Å². The molecule has 1 aromatic heterocycles. The molecule has 1 aliphatic carbocycles. The molecule has 7 nitrogen and oxygen atoms in total.